The fourth-order valence-corrected chi connectivity index (χ4v) is 1.49. The predicted octanol–water partition coefficient (Wildman–Crippen LogP) is 1.75. The van der Waals surface area contributed by atoms with Crippen LogP contribution in [-0.4, -0.2) is 11.7 Å². The van der Waals surface area contributed by atoms with Crippen molar-refractivity contribution in [3.8, 4) is 0 Å². The SMILES string of the molecule is O=C1Nc2c(F)c(F)cc(Cl)c2C1=O. The molecule has 1 heterocycles. The van der Waals surface area contributed by atoms with Crippen LogP contribution >= 0.6 is 11.6 Å². The molecular weight excluding hydrogens is 216 g/mol. The molecule has 2 rings (SSSR count). The van der Waals surface area contributed by atoms with E-state index in [2.05, 4.69) is 0 Å². The topological polar surface area (TPSA) is 46.2 Å². The minimum Gasteiger partial charge on any atom is -0.316 e. The van der Waals surface area contributed by atoms with E-state index in [1.807, 2.05) is 5.32 Å². The monoisotopic (exact) mass is 217 g/mol. The van der Waals surface area contributed by atoms with E-state index < -0.39 is 29.0 Å². The quantitative estimate of drug-likeness (QED) is 0.532. The summed E-state index contributed by atoms with van der Waals surface area (Å²) in [4.78, 5) is 21.9. The minimum atomic E-state index is -1.27. The molecule has 1 aliphatic heterocycles. The van der Waals surface area contributed by atoms with Gasteiger partial charge < -0.3 is 5.32 Å². The van der Waals surface area contributed by atoms with Gasteiger partial charge in [-0.3, -0.25) is 9.59 Å². The van der Waals surface area contributed by atoms with Gasteiger partial charge >= 0.3 is 0 Å². The van der Waals surface area contributed by atoms with Crippen molar-refractivity contribution in [2.24, 2.45) is 0 Å². The highest BCUT2D eigenvalue weighted by molar-refractivity contribution is 6.54. The Morgan fingerprint density at radius 3 is 2.57 bits per heavy atom. The molecule has 0 saturated carbocycles. The van der Waals surface area contributed by atoms with Gasteiger partial charge in [0.1, 0.15) is 0 Å². The summed E-state index contributed by atoms with van der Waals surface area (Å²) in [5, 5.41) is 1.63. The Bertz CT molecular complexity index is 473. The summed E-state index contributed by atoms with van der Waals surface area (Å²) in [6, 6.07) is 0.661. The molecule has 1 aromatic carbocycles. The molecule has 0 bridgehead atoms. The number of Topliss-reactive ketones (excluding diaryl/α,β-unsaturated/α-hetero) is 1. The maximum absolute atomic E-state index is 13.0. The van der Waals surface area contributed by atoms with Crippen LogP contribution in [0, 0.1) is 11.6 Å². The van der Waals surface area contributed by atoms with Crippen LogP contribution in [0.3, 0.4) is 0 Å². The van der Waals surface area contributed by atoms with Gasteiger partial charge in [0.2, 0.25) is 0 Å². The van der Waals surface area contributed by atoms with E-state index in [0.29, 0.717) is 6.07 Å². The maximum Gasteiger partial charge on any atom is 0.297 e. The molecule has 1 aliphatic rings. The number of hydrogen-bond acceptors (Lipinski definition) is 2. The molecule has 0 aromatic heterocycles. The number of anilines is 1. The molecule has 6 heteroatoms. The first kappa shape index (κ1) is 9.08. The van der Waals surface area contributed by atoms with E-state index in [1.54, 1.807) is 0 Å². The zero-order valence-electron chi connectivity index (χ0n) is 6.53. The second-order valence-corrected chi connectivity index (χ2v) is 3.09. The van der Waals surface area contributed by atoms with Crippen LogP contribution in [0.2, 0.25) is 5.02 Å². The van der Waals surface area contributed by atoms with Crippen LogP contribution in [0.15, 0.2) is 6.07 Å². The molecule has 0 spiro atoms. The van der Waals surface area contributed by atoms with Gasteiger partial charge in [-0.25, -0.2) is 8.78 Å². The summed E-state index contributed by atoms with van der Waals surface area (Å²) >= 11 is 5.49. The van der Waals surface area contributed by atoms with Crippen LogP contribution in [-0.2, 0) is 4.79 Å². The standard InChI is InChI=1S/C8H2ClF2NO2/c9-2-1-3(10)5(11)6-4(2)7(13)8(14)12-6/h1H,(H,12,13,14). The van der Waals surface area contributed by atoms with Gasteiger partial charge in [-0.2, -0.15) is 0 Å². The normalized spacial score (nSPS) is 14.2. The Balaban J connectivity index is 2.79. The van der Waals surface area contributed by atoms with Crippen molar-refractivity contribution in [3.05, 3.63) is 28.3 Å². The zero-order valence-corrected chi connectivity index (χ0v) is 7.28. The summed E-state index contributed by atoms with van der Waals surface area (Å²) in [5.74, 6) is -4.44. The number of hydrogen-bond donors (Lipinski definition) is 1. The second kappa shape index (κ2) is 2.75. The van der Waals surface area contributed by atoms with Gasteiger partial charge in [0.15, 0.2) is 11.6 Å². The number of benzene rings is 1. The molecular formula is C8H2ClF2NO2. The largest absolute Gasteiger partial charge is 0.316 e. The molecule has 3 nitrogen and oxygen atoms in total. The lowest BCUT2D eigenvalue weighted by molar-refractivity contribution is -0.112. The molecule has 1 aromatic rings. The lowest BCUT2D eigenvalue weighted by Crippen LogP contribution is -2.12. The number of ketones is 1. The zero-order chi connectivity index (χ0) is 10.5. The van der Waals surface area contributed by atoms with Crippen LogP contribution < -0.4 is 5.32 Å². The van der Waals surface area contributed by atoms with Crippen molar-refractivity contribution < 1.29 is 18.4 Å². The van der Waals surface area contributed by atoms with Crippen molar-refractivity contribution in [2.75, 3.05) is 5.32 Å². The van der Waals surface area contributed by atoms with Gasteiger partial charge in [0.25, 0.3) is 11.7 Å². The van der Waals surface area contributed by atoms with E-state index in [0.717, 1.165) is 0 Å². The van der Waals surface area contributed by atoms with Crippen LogP contribution in [0.5, 0.6) is 0 Å². The lowest BCUT2D eigenvalue weighted by atomic mass is 10.1. The third-order valence-corrected chi connectivity index (χ3v) is 2.14. The molecule has 0 atom stereocenters. The fraction of sp³-hybridized carbons (Fsp3) is 0. The summed E-state index contributed by atoms with van der Waals surface area (Å²) in [6.45, 7) is 0. The molecule has 1 N–H and O–H groups in total. The number of amides is 1. The van der Waals surface area contributed by atoms with Crippen molar-refractivity contribution >= 4 is 29.0 Å². The molecule has 1 amide bonds. The van der Waals surface area contributed by atoms with Crippen molar-refractivity contribution in [2.45, 2.75) is 0 Å². The first-order valence-electron chi connectivity index (χ1n) is 3.55. The van der Waals surface area contributed by atoms with Crippen molar-refractivity contribution in [1.82, 2.24) is 0 Å². The van der Waals surface area contributed by atoms with Crippen LogP contribution in [0.4, 0.5) is 14.5 Å². The summed E-state index contributed by atoms with van der Waals surface area (Å²) < 4.78 is 25.8. The van der Waals surface area contributed by atoms with E-state index in [-0.39, 0.29) is 10.6 Å². The van der Waals surface area contributed by atoms with Crippen molar-refractivity contribution in [1.29, 1.82) is 0 Å². The first-order valence-corrected chi connectivity index (χ1v) is 3.93. The average Bonchev–Trinajstić information content (AvgIpc) is 2.40. The molecule has 0 fully saturated rings. The highest BCUT2D eigenvalue weighted by atomic mass is 35.5. The predicted molar refractivity (Wildman–Crippen MR) is 44.3 cm³/mol. The number of halogens is 3. The lowest BCUT2D eigenvalue weighted by Gasteiger charge is -2.01. The third-order valence-electron chi connectivity index (χ3n) is 1.84. The molecule has 0 saturated heterocycles. The molecule has 72 valence electrons. The van der Waals surface area contributed by atoms with Crippen LogP contribution in [0.25, 0.3) is 0 Å². The summed E-state index contributed by atoms with van der Waals surface area (Å²) in [5.41, 5.74) is -0.791. The van der Waals surface area contributed by atoms with E-state index in [9.17, 15) is 18.4 Å². The maximum atomic E-state index is 13.0. The van der Waals surface area contributed by atoms with E-state index in [4.69, 9.17) is 11.6 Å². The molecule has 0 radical (unpaired) electrons. The number of rotatable bonds is 0. The highest BCUT2D eigenvalue weighted by Crippen LogP contribution is 2.33. The summed E-state index contributed by atoms with van der Waals surface area (Å²) in [7, 11) is 0. The van der Waals surface area contributed by atoms with Gasteiger partial charge in [-0.05, 0) is 6.07 Å². The Morgan fingerprint density at radius 2 is 1.93 bits per heavy atom. The van der Waals surface area contributed by atoms with Crippen molar-refractivity contribution in [3.63, 3.8) is 0 Å². The number of fused-ring (bicyclic) bond motifs is 1. The van der Waals surface area contributed by atoms with Gasteiger partial charge in [-0.15, -0.1) is 0 Å². The molecule has 14 heavy (non-hydrogen) atoms. The minimum absolute atomic E-state index is 0.276. The highest BCUT2D eigenvalue weighted by Gasteiger charge is 2.34. The smallest absolute Gasteiger partial charge is 0.297 e. The Hall–Kier alpha value is -1.49. The summed E-state index contributed by atoms with van der Waals surface area (Å²) in [6.07, 6.45) is 0. The Labute approximate surface area is 81.7 Å². The molecule has 0 unspecified atom stereocenters. The Morgan fingerprint density at radius 1 is 1.29 bits per heavy atom. The fourth-order valence-electron chi connectivity index (χ4n) is 1.22. The van der Waals surface area contributed by atoms with E-state index >= 15 is 0 Å². The number of carbonyl (C=O) groups excluding carboxylic acids is 2. The second-order valence-electron chi connectivity index (χ2n) is 2.69. The third kappa shape index (κ3) is 1.02. The van der Waals surface area contributed by atoms with E-state index in [1.165, 1.54) is 0 Å². The Kier molecular flexibility index (Phi) is 1.78. The average molecular weight is 218 g/mol. The van der Waals surface area contributed by atoms with Crippen LogP contribution in [0.1, 0.15) is 10.4 Å². The number of carbonyl (C=O) groups is 2. The molecule has 0 aliphatic carbocycles. The van der Waals surface area contributed by atoms with Gasteiger partial charge in [0.05, 0.1) is 16.3 Å². The van der Waals surface area contributed by atoms with Gasteiger partial charge in [-0.1, -0.05) is 11.6 Å². The number of nitrogens with one attached hydrogen (secondary N) is 1. The van der Waals surface area contributed by atoms with Gasteiger partial charge in [0, 0.05) is 0 Å². The first-order chi connectivity index (χ1) is 6.52.